The van der Waals surface area contributed by atoms with Gasteiger partial charge in [-0.2, -0.15) is 0 Å². The Hall–Kier alpha value is -8.14. The second-order valence-corrected chi connectivity index (χ2v) is 19.2. The summed E-state index contributed by atoms with van der Waals surface area (Å²) in [5, 5.41) is 6.32. The zero-order valence-electron chi connectivity index (χ0n) is 37.6. The van der Waals surface area contributed by atoms with Crippen LogP contribution < -0.4 is 0 Å². The molecule has 3 aliphatic carbocycles. The Bertz CT molecular complexity index is 3940. The lowest BCUT2D eigenvalue weighted by Crippen LogP contribution is -2.43. The molecular formula is C64H47N3. The summed E-state index contributed by atoms with van der Waals surface area (Å²) in [4.78, 5) is 0. The van der Waals surface area contributed by atoms with Gasteiger partial charge in [0.1, 0.15) is 0 Å². The Morgan fingerprint density at radius 1 is 0.463 bits per heavy atom. The van der Waals surface area contributed by atoms with E-state index in [1.807, 2.05) is 0 Å². The number of benzene rings is 8. The smallest absolute Gasteiger partial charge is 0.0663 e. The van der Waals surface area contributed by atoms with Gasteiger partial charge in [-0.1, -0.05) is 201 Å². The fraction of sp³-hybridized carbons (Fsp3) is 0.0938. The highest BCUT2D eigenvalue weighted by molar-refractivity contribution is 6.37. The number of fused-ring (bicyclic) bond motifs is 14. The van der Waals surface area contributed by atoms with Gasteiger partial charge in [0.15, 0.2) is 0 Å². The lowest BCUT2D eigenvalue weighted by atomic mass is 9.49. The molecular weight excluding hydrogens is 811 g/mol. The molecule has 0 saturated carbocycles. The highest BCUT2D eigenvalue weighted by atomic mass is 15.1. The first-order valence-corrected chi connectivity index (χ1v) is 23.7. The van der Waals surface area contributed by atoms with Gasteiger partial charge in [-0.25, -0.2) is 0 Å². The zero-order valence-corrected chi connectivity index (χ0v) is 37.6. The van der Waals surface area contributed by atoms with Crippen LogP contribution in [0.25, 0.3) is 83.2 Å². The topological polar surface area (TPSA) is 14.8 Å². The number of para-hydroxylation sites is 5. The van der Waals surface area contributed by atoms with Crippen molar-refractivity contribution in [2.75, 3.05) is 0 Å². The molecule has 0 aliphatic heterocycles. The lowest BCUT2D eigenvalue weighted by Gasteiger charge is -2.54. The highest BCUT2D eigenvalue weighted by Gasteiger charge is 2.54. The molecule has 0 radical (unpaired) electrons. The van der Waals surface area contributed by atoms with Crippen molar-refractivity contribution in [3.8, 4) is 17.1 Å². The molecule has 0 amide bonds. The number of aromatic nitrogens is 3. The normalized spacial score (nSPS) is 19.9. The third-order valence-electron chi connectivity index (χ3n) is 15.6. The SMILES string of the molecule is CC12Cc3c(c4c(c5c6ccccc6n(-c6ccccc6)c5c5c6ccccc6n(-c6ccccc6)c45)n3-c3ccccc3)C=C1C(c1ccccc1)C1(C)C=CC=CC1=C2c1ccccc1. The Morgan fingerprint density at radius 2 is 0.925 bits per heavy atom. The van der Waals surface area contributed by atoms with Gasteiger partial charge in [0.05, 0.1) is 27.6 Å². The number of hydrogen-bond donors (Lipinski definition) is 0. The molecule has 67 heavy (non-hydrogen) atoms. The second kappa shape index (κ2) is 14.2. The molecule has 0 spiro atoms. The van der Waals surface area contributed by atoms with Crippen LogP contribution in [0.5, 0.6) is 0 Å². The monoisotopic (exact) mass is 857 g/mol. The van der Waals surface area contributed by atoms with Crippen molar-refractivity contribution in [1.82, 2.24) is 13.7 Å². The quantitative estimate of drug-likeness (QED) is 0.164. The fourth-order valence-electron chi connectivity index (χ4n) is 13.0. The zero-order chi connectivity index (χ0) is 44.4. The largest absolute Gasteiger partial charge is 0.312 e. The average molecular weight is 858 g/mol. The molecule has 8 aromatic carbocycles. The molecule has 318 valence electrons. The summed E-state index contributed by atoms with van der Waals surface area (Å²) in [5.74, 6) is 0.0878. The minimum absolute atomic E-state index is 0.0878. The molecule has 0 N–H and O–H groups in total. The summed E-state index contributed by atoms with van der Waals surface area (Å²) in [7, 11) is 0. The highest BCUT2D eigenvalue weighted by Crippen LogP contribution is 2.67. The van der Waals surface area contributed by atoms with Gasteiger partial charge in [-0.3, -0.25) is 0 Å². The molecule has 0 fully saturated rings. The summed E-state index contributed by atoms with van der Waals surface area (Å²) in [6, 6.07) is 74.0. The van der Waals surface area contributed by atoms with Crippen molar-refractivity contribution in [3.05, 3.63) is 258 Å². The Balaban J connectivity index is 1.26. The van der Waals surface area contributed by atoms with Gasteiger partial charge in [-0.05, 0) is 70.8 Å². The van der Waals surface area contributed by atoms with Crippen LogP contribution in [0.1, 0.15) is 42.1 Å². The van der Waals surface area contributed by atoms with E-state index in [2.05, 4.69) is 258 Å². The molecule has 14 rings (SSSR count). The van der Waals surface area contributed by atoms with Crippen LogP contribution in [0.3, 0.4) is 0 Å². The molecule has 3 atom stereocenters. The summed E-state index contributed by atoms with van der Waals surface area (Å²) < 4.78 is 7.79. The number of rotatable bonds is 5. The van der Waals surface area contributed by atoms with E-state index in [4.69, 9.17) is 0 Å². The van der Waals surface area contributed by atoms with Crippen molar-refractivity contribution < 1.29 is 0 Å². The van der Waals surface area contributed by atoms with Crippen LogP contribution in [-0.4, -0.2) is 13.7 Å². The molecule has 0 saturated heterocycles. The maximum absolute atomic E-state index is 2.68. The predicted molar refractivity (Wildman–Crippen MR) is 281 cm³/mol. The van der Waals surface area contributed by atoms with E-state index in [1.165, 1.54) is 99.3 Å². The predicted octanol–water partition coefficient (Wildman–Crippen LogP) is 16.2. The first kappa shape index (κ1) is 38.2. The molecule has 3 aliphatic rings. The van der Waals surface area contributed by atoms with Gasteiger partial charge in [-0.15, -0.1) is 0 Å². The minimum atomic E-state index is -0.372. The van der Waals surface area contributed by atoms with Crippen LogP contribution >= 0.6 is 0 Å². The summed E-state index contributed by atoms with van der Waals surface area (Å²) in [5.41, 5.74) is 18.5. The van der Waals surface area contributed by atoms with E-state index in [9.17, 15) is 0 Å². The van der Waals surface area contributed by atoms with Crippen LogP contribution in [0, 0.1) is 10.8 Å². The molecule has 3 heterocycles. The minimum Gasteiger partial charge on any atom is -0.312 e. The molecule has 0 bridgehead atoms. The first-order chi connectivity index (χ1) is 33.0. The van der Waals surface area contributed by atoms with E-state index in [-0.39, 0.29) is 16.7 Å². The third-order valence-corrected chi connectivity index (χ3v) is 15.6. The Labute approximate surface area is 390 Å². The molecule has 3 unspecified atom stereocenters. The van der Waals surface area contributed by atoms with Crippen molar-refractivity contribution >= 4 is 66.2 Å². The van der Waals surface area contributed by atoms with Crippen LogP contribution in [-0.2, 0) is 6.42 Å². The van der Waals surface area contributed by atoms with Crippen molar-refractivity contribution in [2.45, 2.75) is 26.2 Å². The molecule has 3 nitrogen and oxygen atoms in total. The van der Waals surface area contributed by atoms with Gasteiger partial charge in [0.25, 0.3) is 0 Å². The van der Waals surface area contributed by atoms with E-state index >= 15 is 0 Å². The number of hydrogen-bond acceptors (Lipinski definition) is 0. The summed E-state index contributed by atoms with van der Waals surface area (Å²) in [6.07, 6.45) is 12.9. The Morgan fingerprint density at radius 3 is 1.49 bits per heavy atom. The maximum atomic E-state index is 2.68. The maximum Gasteiger partial charge on any atom is 0.0663 e. The number of nitrogens with zero attached hydrogens (tertiary/aromatic N) is 3. The van der Waals surface area contributed by atoms with Crippen LogP contribution in [0.15, 0.2) is 236 Å². The van der Waals surface area contributed by atoms with Crippen molar-refractivity contribution in [1.29, 1.82) is 0 Å². The van der Waals surface area contributed by atoms with Crippen molar-refractivity contribution in [2.24, 2.45) is 10.8 Å². The average Bonchev–Trinajstić information content (AvgIpc) is 4.02. The summed E-state index contributed by atoms with van der Waals surface area (Å²) in [6.45, 7) is 5.04. The van der Waals surface area contributed by atoms with Gasteiger partial charge in [0, 0.05) is 78.4 Å². The fourth-order valence-corrected chi connectivity index (χ4v) is 13.0. The molecule has 3 aromatic heterocycles. The van der Waals surface area contributed by atoms with Gasteiger partial charge >= 0.3 is 0 Å². The van der Waals surface area contributed by atoms with E-state index in [0.29, 0.717) is 0 Å². The van der Waals surface area contributed by atoms with E-state index in [0.717, 1.165) is 17.8 Å². The standard InChI is InChI=1S/C64H47N3/c1-63-39-23-22-36-50(63)58(42-24-8-3-9-25-42)64(2)41-54-49(40-51(64)59(63)43-26-10-4-11-27-43)57-61-55(47-34-18-21-38-53(47)66(61)45-30-14-6-15-31-45)60-56(62(57)67(54)46-32-16-7-17-33-46)48-35-19-20-37-52(48)65(60)44-28-12-5-13-29-44/h3-40,59H,41H2,1-2H3. The van der Waals surface area contributed by atoms with Crippen molar-refractivity contribution in [3.63, 3.8) is 0 Å². The van der Waals surface area contributed by atoms with E-state index in [1.54, 1.807) is 0 Å². The second-order valence-electron chi connectivity index (χ2n) is 19.2. The van der Waals surface area contributed by atoms with E-state index < -0.39 is 0 Å². The van der Waals surface area contributed by atoms with Gasteiger partial charge in [0.2, 0.25) is 0 Å². The third kappa shape index (κ3) is 5.17. The lowest BCUT2D eigenvalue weighted by molar-refractivity contribution is 0.350. The van der Waals surface area contributed by atoms with Gasteiger partial charge < -0.3 is 13.7 Å². The van der Waals surface area contributed by atoms with Crippen LogP contribution in [0.4, 0.5) is 0 Å². The Kier molecular flexibility index (Phi) is 8.08. The first-order valence-electron chi connectivity index (χ1n) is 23.7. The molecule has 3 heteroatoms. The summed E-state index contributed by atoms with van der Waals surface area (Å²) >= 11 is 0. The number of allylic oxidation sites excluding steroid dienone is 7. The molecule has 11 aromatic rings. The van der Waals surface area contributed by atoms with Crippen LogP contribution in [0.2, 0.25) is 0 Å².